The van der Waals surface area contributed by atoms with Crippen molar-refractivity contribution in [3.05, 3.63) is 111 Å². The Morgan fingerprint density at radius 3 is 2.40 bits per heavy atom. The van der Waals surface area contributed by atoms with Crippen molar-refractivity contribution in [2.24, 2.45) is 17.8 Å². The minimum atomic E-state index is -0.795. The second-order valence-electron chi connectivity index (χ2n) is 11.2. The number of carbonyl (C=O) groups is 4. The van der Waals surface area contributed by atoms with Crippen LogP contribution in [0.2, 0.25) is 0 Å². The smallest absolute Gasteiger partial charge is 0.269 e. The van der Waals surface area contributed by atoms with Gasteiger partial charge in [-0.15, -0.1) is 0 Å². The molecular formula is C33H24N2O7. The highest BCUT2D eigenvalue weighted by Crippen LogP contribution is 2.57. The first kappa shape index (κ1) is 25.8. The second kappa shape index (κ2) is 9.17. The fraction of sp³-hybridized carbons (Fsp3) is 0.212. The number of fused-ring (bicyclic) bond motifs is 4. The monoisotopic (exact) mass is 560 g/mol. The highest BCUT2D eigenvalue weighted by atomic mass is 16.6. The fourth-order valence-corrected chi connectivity index (χ4v) is 7.26. The normalized spacial score (nSPS) is 25.2. The number of carbonyl (C=O) groups excluding carboxylic acids is 4. The van der Waals surface area contributed by atoms with Gasteiger partial charge in [0.25, 0.3) is 5.69 Å². The molecule has 1 fully saturated rings. The van der Waals surface area contributed by atoms with E-state index in [1.54, 1.807) is 19.1 Å². The lowest BCUT2D eigenvalue weighted by molar-refractivity contribution is -0.384. The van der Waals surface area contributed by atoms with Gasteiger partial charge in [0.1, 0.15) is 5.75 Å². The van der Waals surface area contributed by atoms with Gasteiger partial charge < -0.3 is 5.11 Å². The second-order valence-corrected chi connectivity index (χ2v) is 11.2. The summed E-state index contributed by atoms with van der Waals surface area (Å²) in [6.45, 7) is 1.60. The van der Waals surface area contributed by atoms with Crippen molar-refractivity contribution in [2.75, 3.05) is 4.90 Å². The van der Waals surface area contributed by atoms with Crippen LogP contribution in [0.25, 0.3) is 10.8 Å². The van der Waals surface area contributed by atoms with Gasteiger partial charge >= 0.3 is 0 Å². The number of nitro groups is 1. The number of rotatable bonds is 3. The number of ketones is 2. The molecule has 208 valence electrons. The summed E-state index contributed by atoms with van der Waals surface area (Å²) in [5, 5.41) is 24.0. The largest absolute Gasteiger partial charge is 0.508 e. The maximum absolute atomic E-state index is 14.0. The third-order valence-corrected chi connectivity index (χ3v) is 9.12. The summed E-state index contributed by atoms with van der Waals surface area (Å²) in [5.41, 5.74) is 2.25. The van der Waals surface area contributed by atoms with Crippen LogP contribution in [0.5, 0.6) is 5.75 Å². The average Bonchev–Trinajstić information content (AvgIpc) is 3.24. The first-order valence-electron chi connectivity index (χ1n) is 13.7. The van der Waals surface area contributed by atoms with Crippen LogP contribution in [0, 0.1) is 27.9 Å². The Kier molecular flexibility index (Phi) is 5.63. The van der Waals surface area contributed by atoms with E-state index in [1.165, 1.54) is 30.3 Å². The molecule has 1 saturated heterocycles. The molecule has 4 aliphatic rings. The van der Waals surface area contributed by atoms with Gasteiger partial charge in [0.2, 0.25) is 11.8 Å². The van der Waals surface area contributed by atoms with Crippen molar-refractivity contribution in [3.63, 3.8) is 0 Å². The molecule has 0 unspecified atom stereocenters. The van der Waals surface area contributed by atoms with Gasteiger partial charge in [0, 0.05) is 40.3 Å². The van der Waals surface area contributed by atoms with Crippen LogP contribution >= 0.6 is 0 Å². The van der Waals surface area contributed by atoms with Crippen molar-refractivity contribution < 1.29 is 29.2 Å². The standard InChI is InChI=1S/C33H24N2O7/c1-16-14-26(37)24-15-23-21(29(30(24)31(16)38)28-20-5-3-2-4-17(20)6-13-25(28)36)11-12-22-27(23)33(40)34(32(22)39)18-7-9-19(10-8-18)35(41)42/h2-11,13-14,22-23,27,29,36H,12,15H2,1H3/t22-,23+,27-,29+/m0/s1. The number of nitrogens with zero attached hydrogens (tertiary/aromatic N) is 2. The zero-order valence-electron chi connectivity index (χ0n) is 22.4. The lowest BCUT2D eigenvalue weighted by atomic mass is 9.59. The van der Waals surface area contributed by atoms with Crippen molar-refractivity contribution >= 4 is 45.5 Å². The van der Waals surface area contributed by atoms with Crippen LogP contribution in [-0.2, 0) is 19.2 Å². The van der Waals surface area contributed by atoms with Gasteiger partial charge in [-0.2, -0.15) is 0 Å². The van der Waals surface area contributed by atoms with E-state index in [9.17, 15) is 34.4 Å². The SMILES string of the molecule is CC1=CC(=O)C2=C(C1=O)[C@@H](c1c(O)ccc3ccccc13)C1=CC[C@@H]3C(=O)N(c4ccc([N+](=O)[O-])cc4)C(=O)[C@@H]3[C@@H]1C2. The molecule has 9 nitrogen and oxygen atoms in total. The highest BCUT2D eigenvalue weighted by molar-refractivity contribution is 6.25. The number of phenols is 1. The lowest BCUT2D eigenvalue weighted by Gasteiger charge is -2.42. The summed E-state index contributed by atoms with van der Waals surface area (Å²) in [4.78, 5) is 66.4. The number of nitro benzene ring substituents is 1. The third-order valence-electron chi connectivity index (χ3n) is 9.12. The summed E-state index contributed by atoms with van der Waals surface area (Å²) in [5.74, 6) is -4.27. The van der Waals surface area contributed by atoms with Crippen LogP contribution in [0.4, 0.5) is 11.4 Å². The van der Waals surface area contributed by atoms with Crippen LogP contribution in [-0.4, -0.2) is 33.4 Å². The molecular weight excluding hydrogens is 536 g/mol. The summed E-state index contributed by atoms with van der Waals surface area (Å²) in [6.07, 6.45) is 3.58. The van der Waals surface area contributed by atoms with E-state index in [0.29, 0.717) is 22.3 Å². The molecule has 3 aromatic rings. The Labute approximate surface area is 239 Å². The molecule has 2 amide bonds. The Hall–Kier alpha value is -5.18. The Morgan fingerprint density at radius 1 is 0.929 bits per heavy atom. The minimum Gasteiger partial charge on any atom is -0.508 e. The number of phenolic OH excluding ortho intramolecular Hbond substituents is 1. The van der Waals surface area contributed by atoms with Gasteiger partial charge in [0.15, 0.2) is 11.6 Å². The van der Waals surface area contributed by atoms with Crippen molar-refractivity contribution in [1.82, 2.24) is 0 Å². The van der Waals surface area contributed by atoms with Gasteiger partial charge in [-0.1, -0.05) is 42.0 Å². The highest BCUT2D eigenvalue weighted by Gasteiger charge is 2.57. The zero-order valence-corrected chi connectivity index (χ0v) is 22.4. The summed E-state index contributed by atoms with van der Waals surface area (Å²) in [6, 6.07) is 16.1. The van der Waals surface area contributed by atoms with Gasteiger partial charge in [0.05, 0.1) is 22.4 Å². The summed E-state index contributed by atoms with van der Waals surface area (Å²) >= 11 is 0. The number of aromatic hydroxyl groups is 1. The molecule has 0 radical (unpaired) electrons. The van der Waals surface area contributed by atoms with Crippen LogP contribution < -0.4 is 4.90 Å². The van der Waals surface area contributed by atoms with Crippen molar-refractivity contribution in [1.29, 1.82) is 0 Å². The maximum Gasteiger partial charge on any atom is 0.269 e. The van der Waals surface area contributed by atoms with E-state index in [4.69, 9.17) is 0 Å². The number of hydrogen-bond acceptors (Lipinski definition) is 7. The zero-order chi connectivity index (χ0) is 29.4. The predicted molar refractivity (Wildman–Crippen MR) is 153 cm³/mol. The molecule has 0 bridgehead atoms. The first-order valence-corrected chi connectivity index (χ1v) is 13.7. The van der Waals surface area contributed by atoms with Crippen LogP contribution in [0.1, 0.15) is 31.2 Å². The number of amides is 2. The average molecular weight is 561 g/mol. The van der Waals surface area contributed by atoms with Gasteiger partial charge in [-0.3, -0.25) is 34.2 Å². The number of hydrogen-bond donors (Lipinski definition) is 1. The Bertz CT molecular complexity index is 1880. The van der Waals surface area contributed by atoms with Crippen molar-refractivity contribution in [3.8, 4) is 5.75 Å². The Morgan fingerprint density at radius 2 is 1.67 bits per heavy atom. The van der Waals surface area contributed by atoms with E-state index in [0.717, 1.165) is 21.2 Å². The molecule has 0 aromatic heterocycles. The Balaban J connectivity index is 1.39. The van der Waals surface area contributed by atoms with E-state index < -0.39 is 40.4 Å². The molecule has 1 aliphatic heterocycles. The minimum absolute atomic E-state index is 0.0250. The molecule has 0 spiro atoms. The van der Waals surface area contributed by atoms with E-state index in [-0.39, 0.29) is 41.5 Å². The number of benzene rings is 3. The predicted octanol–water partition coefficient (Wildman–Crippen LogP) is 5.09. The molecule has 4 atom stereocenters. The molecule has 1 N–H and O–H groups in total. The quantitative estimate of drug-likeness (QED) is 0.155. The van der Waals surface area contributed by atoms with Crippen LogP contribution in [0.15, 0.2) is 95.1 Å². The number of anilines is 1. The van der Waals surface area contributed by atoms with Gasteiger partial charge in [-0.25, -0.2) is 0 Å². The lowest BCUT2D eigenvalue weighted by Crippen LogP contribution is -2.40. The molecule has 3 aliphatic carbocycles. The maximum atomic E-state index is 14.0. The molecule has 7 rings (SSSR count). The first-order chi connectivity index (χ1) is 20.2. The van der Waals surface area contributed by atoms with Crippen molar-refractivity contribution in [2.45, 2.75) is 25.7 Å². The van der Waals surface area contributed by atoms with E-state index >= 15 is 0 Å². The molecule has 3 aromatic carbocycles. The van der Waals surface area contributed by atoms with E-state index in [1.807, 2.05) is 30.3 Å². The summed E-state index contributed by atoms with van der Waals surface area (Å²) in [7, 11) is 0. The summed E-state index contributed by atoms with van der Waals surface area (Å²) < 4.78 is 0. The molecule has 42 heavy (non-hydrogen) atoms. The molecule has 9 heteroatoms. The molecule has 0 saturated carbocycles. The third kappa shape index (κ3) is 3.56. The topological polar surface area (TPSA) is 135 Å². The van der Waals surface area contributed by atoms with E-state index in [2.05, 4.69) is 0 Å². The van der Waals surface area contributed by atoms with Gasteiger partial charge in [-0.05, 0) is 60.7 Å². The fourth-order valence-electron chi connectivity index (χ4n) is 7.26. The molecule has 1 heterocycles. The number of Topliss-reactive ketones (excluding diaryl/α,β-unsaturated/α-hetero) is 1. The number of non-ortho nitro benzene ring substituents is 1. The number of allylic oxidation sites excluding steroid dienone is 6. The number of imide groups is 1. The van der Waals surface area contributed by atoms with Crippen LogP contribution in [0.3, 0.4) is 0 Å².